The topological polar surface area (TPSA) is 58.6 Å². The molecule has 1 amide bonds. The molecule has 5 rings (SSSR count). The quantitative estimate of drug-likeness (QED) is 0.231. The molecule has 1 atom stereocenters. The van der Waals surface area contributed by atoms with E-state index in [2.05, 4.69) is 10.2 Å². The number of hydrogen-bond donors (Lipinski definition) is 1. The Morgan fingerprint density at radius 3 is 2.07 bits per heavy atom. The number of alkyl halides is 3. The van der Waals surface area contributed by atoms with Crippen LogP contribution in [0, 0.1) is 0 Å². The Kier molecular flexibility index (Phi) is 8.73. The maximum Gasteiger partial charge on any atom is 0.416 e. The van der Waals surface area contributed by atoms with Gasteiger partial charge in [0.05, 0.1) is 12.7 Å². The number of esters is 1. The second-order valence-corrected chi connectivity index (χ2v) is 10.3. The van der Waals surface area contributed by atoms with Gasteiger partial charge in [-0.3, -0.25) is 9.69 Å². The number of nitrogens with zero attached hydrogens (tertiary/aromatic N) is 1. The number of nitrogens with one attached hydrogen (secondary N) is 1. The van der Waals surface area contributed by atoms with Gasteiger partial charge in [0, 0.05) is 11.3 Å². The number of likely N-dealkylation sites (tertiary alicyclic amines) is 1. The van der Waals surface area contributed by atoms with Gasteiger partial charge < -0.3 is 10.1 Å². The maximum absolute atomic E-state index is 13.2. The fourth-order valence-corrected chi connectivity index (χ4v) is 5.54. The summed E-state index contributed by atoms with van der Waals surface area (Å²) in [7, 11) is 1.42. The minimum atomic E-state index is -4.42. The molecule has 0 spiro atoms. The van der Waals surface area contributed by atoms with E-state index in [9.17, 15) is 22.8 Å². The highest BCUT2D eigenvalue weighted by molar-refractivity contribution is 6.08. The zero-order chi connectivity index (χ0) is 29.7. The molecular formula is C34H31F3N2O3. The van der Waals surface area contributed by atoms with E-state index in [1.807, 2.05) is 54.6 Å². The van der Waals surface area contributed by atoms with Crippen LogP contribution in [0.5, 0.6) is 0 Å². The lowest BCUT2D eigenvalue weighted by atomic mass is 9.88. The Bertz CT molecular complexity index is 1510. The predicted octanol–water partition coefficient (Wildman–Crippen LogP) is 7.72. The van der Waals surface area contributed by atoms with Gasteiger partial charge in [-0.15, -0.1) is 0 Å². The van der Waals surface area contributed by atoms with Crippen LogP contribution < -0.4 is 5.32 Å². The largest absolute Gasteiger partial charge is 0.468 e. The van der Waals surface area contributed by atoms with Crippen molar-refractivity contribution < 1.29 is 27.5 Å². The van der Waals surface area contributed by atoms with E-state index in [1.165, 1.54) is 19.2 Å². The lowest BCUT2D eigenvalue weighted by Crippen LogP contribution is -2.40. The molecule has 4 aromatic carbocycles. The van der Waals surface area contributed by atoms with Gasteiger partial charge in [-0.1, -0.05) is 72.8 Å². The molecule has 0 aliphatic carbocycles. The molecule has 5 nitrogen and oxygen atoms in total. The summed E-state index contributed by atoms with van der Waals surface area (Å²) in [6, 6.07) is 28.6. The van der Waals surface area contributed by atoms with Gasteiger partial charge in [0.25, 0.3) is 5.91 Å². The second kappa shape index (κ2) is 12.6. The molecule has 1 heterocycles. The van der Waals surface area contributed by atoms with Crippen molar-refractivity contribution >= 4 is 17.6 Å². The number of ether oxygens (including phenoxy) is 1. The molecule has 0 saturated carbocycles. The first kappa shape index (κ1) is 29.1. The number of anilines is 1. The molecule has 8 heteroatoms. The van der Waals surface area contributed by atoms with Crippen LogP contribution in [0.2, 0.25) is 0 Å². The molecule has 1 fully saturated rings. The molecule has 1 aliphatic rings. The van der Waals surface area contributed by atoms with Crippen molar-refractivity contribution in [3.05, 3.63) is 125 Å². The van der Waals surface area contributed by atoms with Crippen LogP contribution in [-0.4, -0.2) is 37.0 Å². The van der Waals surface area contributed by atoms with Crippen molar-refractivity contribution in [1.29, 1.82) is 0 Å². The molecule has 0 aromatic heterocycles. The Balaban J connectivity index is 1.23. The summed E-state index contributed by atoms with van der Waals surface area (Å²) in [6.07, 6.45) is -2.66. The van der Waals surface area contributed by atoms with E-state index >= 15 is 0 Å². The number of piperidine rings is 1. The van der Waals surface area contributed by atoms with Crippen LogP contribution in [0.4, 0.5) is 18.9 Å². The summed E-state index contributed by atoms with van der Waals surface area (Å²) in [5, 5.41) is 2.91. The highest BCUT2D eigenvalue weighted by Gasteiger charge is 2.32. The molecule has 216 valence electrons. The molecule has 0 bridgehead atoms. The highest BCUT2D eigenvalue weighted by Crippen LogP contribution is 2.34. The molecule has 0 unspecified atom stereocenters. The lowest BCUT2D eigenvalue weighted by molar-refractivity contribution is -0.147. The van der Waals surface area contributed by atoms with Crippen molar-refractivity contribution in [2.45, 2.75) is 31.0 Å². The van der Waals surface area contributed by atoms with Crippen LogP contribution >= 0.6 is 0 Å². The number of carbonyl (C=O) groups excluding carboxylic acids is 2. The SMILES string of the molecule is COC(=O)[C@@H](c1ccccc1)N1CCC(c2ccc(NC(=O)c3ccccc3-c3ccc(C(F)(F)F)cc3)cc2)CC1. The first-order chi connectivity index (χ1) is 20.2. The van der Waals surface area contributed by atoms with E-state index in [4.69, 9.17) is 4.74 Å². The highest BCUT2D eigenvalue weighted by atomic mass is 19.4. The first-order valence-corrected chi connectivity index (χ1v) is 13.8. The smallest absolute Gasteiger partial charge is 0.416 e. The van der Waals surface area contributed by atoms with Crippen LogP contribution in [-0.2, 0) is 15.7 Å². The second-order valence-electron chi connectivity index (χ2n) is 10.3. The van der Waals surface area contributed by atoms with E-state index in [0.29, 0.717) is 28.3 Å². The Labute approximate surface area is 242 Å². The van der Waals surface area contributed by atoms with Crippen LogP contribution in [0.3, 0.4) is 0 Å². The standard InChI is InChI=1S/C34H31F3N2O3/c1-42-33(41)31(26-7-3-2-4-8-26)39-21-19-24(20-22-39)23-13-17-28(18-14-23)38-32(40)30-10-6-5-9-29(30)25-11-15-27(16-12-25)34(35,36)37/h2-18,24,31H,19-22H2,1H3,(H,38,40)/t31-/m1/s1. The van der Waals surface area contributed by atoms with Gasteiger partial charge in [0.1, 0.15) is 6.04 Å². The normalized spacial score (nSPS) is 15.1. The number of halogens is 3. The Morgan fingerprint density at radius 1 is 0.833 bits per heavy atom. The van der Waals surface area contributed by atoms with E-state index in [0.717, 1.165) is 49.2 Å². The van der Waals surface area contributed by atoms with E-state index in [1.54, 1.807) is 24.3 Å². The fourth-order valence-electron chi connectivity index (χ4n) is 5.54. The van der Waals surface area contributed by atoms with Crippen LogP contribution in [0.15, 0.2) is 103 Å². The van der Waals surface area contributed by atoms with Gasteiger partial charge in [-0.25, -0.2) is 4.79 Å². The number of methoxy groups -OCH3 is 1. The zero-order valence-corrected chi connectivity index (χ0v) is 23.1. The Hall–Kier alpha value is -4.43. The van der Waals surface area contributed by atoms with Crippen molar-refractivity contribution in [2.75, 3.05) is 25.5 Å². The molecule has 0 radical (unpaired) electrons. The molecule has 42 heavy (non-hydrogen) atoms. The average molecular weight is 573 g/mol. The van der Waals surface area contributed by atoms with Crippen molar-refractivity contribution in [2.24, 2.45) is 0 Å². The summed E-state index contributed by atoms with van der Waals surface area (Å²) in [4.78, 5) is 28.0. The van der Waals surface area contributed by atoms with Crippen molar-refractivity contribution in [3.63, 3.8) is 0 Å². The zero-order valence-electron chi connectivity index (χ0n) is 23.1. The van der Waals surface area contributed by atoms with Crippen LogP contribution in [0.25, 0.3) is 11.1 Å². The number of amides is 1. The lowest BCUT2D eigenvalue weighted by Gasteiger charge is -2.36. The summed E-state index contributed by atoms with van der Waals surface area (Å²) < 4.78 is 44.1. The summed E-state index contributed by atoms with van der Waals surface area (Å²) in [6.45, 7) is 1.50. The third kappa shape index (κ3) is 6.55. The summed E-state index contributed by atoms with van der Waals surface area (Å²) in [5.41, 5.74) is 3.41. The van der Waals surface area contributed by atoms with Gasteiger partial charge in [-0.2, -0.15) is 13.2 Å². The Morgan fingerprint density at radius 2 is 1.45 bits per heavy atom. The van der Waals surface area contributed by atoms with Crippen molar-refractivity contribution in [3.8, 4) is 11.1 Å². The van der Waals surface area contributed by atoms with Crippen LogP contribution in [0.1, 0.15) is 51.8 Å². The minimum absolute atomic E-state index is 0.264. The maximum atomic E-state index is 13.2. The molecular weight excluding hydrogens is 541 g/mol. The number of carbonyl (C=O) groups is 2. The third-order valence-corrected chi connectivity index (χ3v) is 7.77. The molecule has 1 saturated heterocycles. The van der Waals surface area contributed by atoms with Gasteiger partial charge in [-0.05, 0) is 84.4 Å². The minimum Gasteiger partial charge on any atom is -0.468 e. The van der Waals surface area contributed by atoms with Crippen molar-refractivity contribution in [1.82, 2.24) is 4.90 Å². The van der Waals surface area contributed by atoms with Gasteiger partial charge in [0.15, 0.2) is 0 Å². The summed E-state index contributed by atoms with van der Waals surface area (Å²) in [5.74, 6) is -0.290. The number of rotatable bonds is 7. The third-order valence-electron chi connectivity index (χ3n) is 7.77. The molecule has 1 N–H and O–H groups in total. The monoisotopic (exact) mass is 572 g/mol. The molecule has 4 aromatic rings. The number of hydrogen-bond acceptors (Lipinski definition) is 4. The first-order valence-electron chi connectivity index (χ1n) is 13.8. The molecule has 1 aliphatic heterocycles. The predicted molar refractivity (Wildman–Crippen MR) is 156 cm³/mol. The van der Waals surface area contributed by atoms with E-state index in [-0.39, 0.29) is 11.9 Å². The van der Waals surface area contributed by atoms with E-state index < -0.39 is 17.8 Å². The van der Waals surface area contributed by atoms with Gasteiger partial charge >= 0.3 is 12.1 Å². The average Bonchev–Trinajstić information content (AvgIpc) is 3.02. The summed E-state index contributed by atoms with van der Waals surface area (Å²) >= 11 is 0. The van der Waals surface area contributed by atoms with Gasteiger partial charge in [0.2, 0.25) is 0 Å². The fraction of sp³-hybridized carbons (Fsp3) is 0.235. The number of benzene rings is 4.